The smallest absolute Gasteiger partial charge is 0.133 e. The van der Waals surface area contributed by atoms with Crippen LogP contribution in [0, 0.1) is 0 Å². The van der Waals surface area contributed by atoms with Crippen molar-refractivity contribution < 1.29 is 5.11 Å². The van der Waals surface area contributed by atoms with Crippen molar-refractivity contribution in [2.75, 3.05) is 24.3 Å². The van der Waals surface area contributed by atoms with Gasteiger partial charge in [0, 0.05) is 25.5 Å². The van der Waals surface area contributed by atoms with Crippen molar-refractivity contribution in [1.82, 2.24) is 4.98 Å². The van der Waals surface area contributed by atoms with Crippen LogP contribution in [0.3, 0.4) is 0 Å². The van der Waals surface area contributed by atoms with Crippen LogP contribution in [0.5, 0.6) is 5.75 Å². The highest BCUT2D eigenvalue weighted by Crippen LogP contribution is 2.17. The van der Waals surface area contributed by atoms with Crippen LogP contribution in [0.25, 0.3) is 0 Å². The van der Waals surface area contributed by atoms with E-state index in [0.717, 1.165) is 17.1 Å². The molecule has 1 aromatic heterocycles. The molecule has 0 aliphatic heterocycles. The number of hydrogen-bond donors (Lipinski definition) is 2. The number of nitrogens with zero attached hydrogens (tertiary/aromatic N) is 2. The summed E-state index contributed by atoms with van der Waals surface area (Å²) in [5.41, 5.74) is 3.10. The summed E-state index contributed by atoms with van der Waals surface area (Å²) in [4.78, 5) is 6.19. The zero-order chi connectivity index (χ0) is 13.0. The van der Waals surface area contributed by atoms with Crippen molar-refractivity contribution in [3.8, 4) is 5.75 Å². The van der Waals surface area contributed by atoms with Crippen LogP contribution in [-0.2, 0) is 6.54 Å². The summed E-state index contributed by atoms with van der Waals surface area (Å²) in [5, 5.41) is 12.5. The van der Waals surface area contributed by atoms with Gasteiger partial charge in [-0.15, -0.1) is 0 Å². The average molecular weight is 243 g/mol. The highest BCUT2D eigenvalue weighted by molar-refractivity contribution is 5.57. The molecule has 4 heteroatoms. The lowest BCUT2D eigenvalue weighted by molar-refractivity contribution is 0.472. The molecule has 0 unspecified atom stereocenters. The fraction of sp³-hybridized carbons (Fsp3) is 0.214. The van der Waals surface area contributed by atoms with Crippen molar-refractivity contribution in [3.63, 3.8) is 0 Å². The van der Waals surface area contributed by atoms with E-state index in [1.54, 1.807) is 12.1 Å². The predicted molar refractivity (Wildman–Crippen MR) is 74.0 cm³/mol. The van der Waals surface area contributed by atoms with Crippen molar-refractivity contribution in [2.24, 2.45) is 0 Å². The molecule has 0 fully saturated rings. The van der Waals surface area contributed by atoms with Crippen molar-refractivity contribution >= 4 is 11.4 Å². The number of benzene rings is 1. The monoisotopic (exact) mass is 243 g/mol. The van der Waals surface area contributed by atoms with Gasteiger partial charge >= 0.3 is 0 Å². The maximum absolute atomic E-state index is 9.15. The molecule has 0 saturated carbocycles. The van der Waals surface area contributed by atoms with Gasteiger partial charge in [-0.1, -0.05) is 6.07 Å². The highest BCUT2D eigenvalue weighted by atomic mass is 16.3. The molecule has 0 atom stereocenters. The fourth-order valence-corrected chi connectivity index (χ4v) is 1.61. The maximum Gasteiger partial charge on any atom is 0.133 e. The van der Waals surface area contributed by atoms with Crippen molar-refractivity contribution in [2.45, 2.75) is 6.54 Å². The summed E-state index contributed by atoms with van der Waals surface area (Å²) in [6, 6.07) is 11.6. The lowest BCUT2D eigenvalue weighted by atomic mass is 10.2. The molecule has 0 spiro atoms. The lowest BCUT2D eigenvalue weighted by Crippen LogP contribution is -2.09. The summed E-state index contributed by atoms with van der Waals surface area (Å²) < 4.78 is 0. The molecule has 18 heavy (non-hydrogen) atoms. The van der Waals surface area contributed by atoms with E-state index in [2.05, 4.69) is 27.3 Å². The molecular formula is C14H17N3O. The second-order valence-corrected chi connectivity index (χ2v) is 4.31. The van der Waals surface area contributed by atoms with Gasteiger partial charge in [0.1, 0.15) is 5.75 Å². The van der Waals surface area contributed by atoms with Gasteiger partial charge in [-0.25, -0.2) is 0 Å². The van der Waals surface area contributed by atoms with Gasteiger partial charge in [-0.3, -0.25) is 4.98 Å². The van der Waals surface area contributed by atoms with E-state index in [0.29, 0.717) is 6.54 Å². The standard InChI is InChI=1S/C14H17N3O/c1-17(2)13-5-3-4-11(8-13)15-9-12-6-7-14(18)10-16-12/h3-8,10,15,18H,9H2,1-2H3. The first kappa shape index (κ1) is 12.2. The first-order valence-corrected chi connectivity index (χ1v) is 5.80. The van der Waals surface area contributed by atoms with Gasteiger partial charge in [0.25, 0.3) is 0 Å². The van der Waals surface area contributed by atoms with Crippen LogP contribution in [-0.4, -0.2) is 24.2 Å². The molecule has 0 aliphatic carbocycles. The molecule has 1 aromatic carbocycles. The van der Waals surface area contributed by atoms with Gasteiger partial charge in [-0.05, 0) is 30.3 Å². The third kappa shape index (κ3) is 3.13. The Morgan fingerprint density at radius 3 is 2.72 bits per heavy atom. The summed E-state index contributed by atoms with van der Waals surface area (Å²) in [6.45, 7) is 0.636. The molecule has 0 amide bonds. The lowest BCUT2D eigenvalue weighted by Gasteiger charge is -2.14. The van der Waals surface area contributed by atoms with Crippen LogP contribution in [0.2, 0.25) is 0 Å². The summed E-state index contributed by atoms with van der Waals surface area (Å²) >= 11 is 0. The van der Waals surface area contributed by atoms with E-state index in [9.17, 15) is 0 Å². The summed E-state index contributed by atoms with van der Waals surface area (Å²) in [7, 11) is 4.03. The third-order valence-corrected chi connectivity index (χ3v) is 2.65. The Morgan fingerprint density at radius 1 is 1.22 bits per heavy atom. The van der Waals surface area contributed by atoms with Crippen LogP contribution in [0.4, 0.5) is 11.4 Å². The molecule has 94 valence electrons. The number of rotatable bonds is 4. The quantitative estimate of drug-likeness (QED) is 0.866. The summed E-state index contributed by atoms with van der Waals surface area (Å²) in [6.07, 6.45) is 1.45. The van der Waals surface area contributed by atoms with E-state index in [1.165, 1.54) is 6.20 Å². The SMILES string of the molecule is CN(C)c1cccc(NCc2ccc(O)cn2)c1. The molecule has 0 radical (unpaired) electrons. The minimum absolute atomic E-state index is 0.188. The molecule has 4 nitrogen and oxygen atoms in total. The van der Waals surface area contributed by atoms with Crippen molar-refractivity contribution in [1.29, 1.82) is 0 Å². The average Bonchev–Trinajstić information content (AvgIpc) is 2.38. The van der Waals surface area contributed by atoms with E-state index in [4.69, 9.17) is 5.11 Å². The van der Waals surface area contributed by atoms with Gasteiger partial charge in [-0.2, -0.15) is 0 Å². The van der Waals surface area contributed by atoms with Crippen molar-refractivity contribution in [3.05, 3.63) is 48.3 Å². The zero-order valence-electron chi connectivity index (χ0n) is 10.6. The number of hydrogen-bond acceptors (Lipinski definition) is 4. The number of nitrogens with one attached hydrogen (secondary N) is 1. The molecule has 2 rings (SSSR count). The Balaban J connectivity index is 2.01. The van der Waals surface area contributed by atoms with E-state index in [1.807, 2.05) is 26.2 Å². The van der Waals surface area contributed by atoms with Crippen LogP contribution in [0.1, 0.15) is 5.69 Å². The molecule has 2 aromatic rings. The maximum atomic E-state index is 9.15. The molecule has 0 saturated heterocycles. The Morgan fingerprint density at radius 2 is 2.06 bits per heavy atom. The molecule has 0 bridgehead atoms. The first-order valence-electron chi connectivity index (χ1n) is 5.80. The minimum atomic E-state index is 0.188. The van der Waals surface area contributed by atoms with Crippen LogP contribution in [0.15, 0.2) is 42.6 Å². The number of anilines is 2. The molecule has 1 heterocycles. The third-order valence-electron chi connectivity index (χ3n) is 2.65. The summed E-state index contributed by atoms with van der Waals surface area (Å²) in [5.74, 6) is 0.188. The van der Waals surface area contributed by atoms with Crippen LogP contribution < -0.4 is 10.2 Å². The Kier molecular flexibility index (Phi) is 3.67. The van der Waals surface area contributed by atoms with Gasteiger partial charge in [0.2, 0.25) is 0 Å². The fourth-order valence-electron chi connectivity index (χ4n) is 1.61. The van der Waals surface area contributed by atoms with E-state index < -0.39 is 0 Å². The Hall–Kier alpha value is -2.23. The van der Waals surface area contributed by atoms with Gasteiger partial charge in [0.05, 0.1) is 18.4 Å². The molecule has 2 N–H and O–H groups in total. The largest absolute Gasteiger partial charge is 0.506 e. The second-order valence-electron chi connectivity index (χ2n) is 4.31. The highest BCUT2D eigenvalue weighted by Gasteiger charge is 1.99. The predicted octanol–water partition coefficient (Wildman–Crippen LogP) is 2.47. The minimum Gasteiger partial charge on any atom is -0.506 e. The Labute approximate surface area is 107 Å². The van der Waals surface area contributed by atoms with E-state index in [-0.39, 0.29) is 5.75 Å². The van der Waals surface area contributed by atoms with E-state index >= 15 is 0 Å². The molecular weight excluding hydrogens is 226 g/mol. The number of aromatic hydroxyl groups is 1. The second kappa shape index (κ2) is 5.40. The van der Waals surface area contributed by atoms with Gasteiger partial charge in [0.15, 0.2) is 0 Å². The first-order chi connectivity index (χ1) is 8.65. The Bertz CT molecular complexity index is 509. The van der Waals surface area contributed by atoms with Crippen LogP contribution >= 0.6 is 0 Å². The van der Waals surface area contributed by atoms with Gasteiger partial charge < -0.3 is 15.3 Å². The number of aromatic nitrogens is 1. The zero-order valence-corrected chi connectivity index (χ0v) is 10.6. The number of pyridine rings is 1. The molecule has 0 aliphatic rings. The normalized spacial score (nSPS) is 10.1. The topological polar surface area (TPSA) is 48.4 Å².